The maximum absolute atomic E-state index is 5.72. The zero-order valence-electron chi connectivity index (χ0n) is 12.4. The van der Waals surface area contributed by atoms with Crippen molar-refractivity contribution in [2.24, 2.45) is 0 Å². The van der Waals surface area contributed by atoms with E-state index in [9.17, 15) is 0 Å². The Balaban J connectivity index is 1.84. The van der Waals surface area contributed by atoms with Crippen molar-refractivity contribution in [2.45, 2.75) is 45.9 Å². The van der Waals surface area contributed by atoms with Crippen LogP contribution in [0.3, 0.4) is 0 Å². The van der Waals surface area contributed by atoms with Gasteiger partial charge in [0.15, 0.2) is 0 Å². The first-order valence-electron chi connectivity index (χ1n) is 7.13. The van der Waals surface area contributed by atoms with E-state index in [0.29, 0.717) is 6.04 Å². The molecule has 0 bridgehead atoms. The molecule has 1 atom stereocenters. The van der Waals surface area contributed by atoms with Crippen LogP contribution in [-0.2, 0) is 13.0 Å². The molecule has 1 aromatic heterocycles. The van der Waals surface area contributed by atoms with Gasteiger partial charge in [0.25, 0.3) is 0 Å². The van der Waals surface area contributed by atoms with Crippen LogP contribution in [0.1, 0.15) is 31.9 Å². The minimum atomic E-state index is 0.218. The third-order valence-electron chi connectivity index (χ3n) is 3.05. The number of thiophene rings is 1. The van der Waals surface area contributed by atoms with Gasteiger partial charge in [-0.2, -0.15) is 11.3 Å². The number of nitrogens with one attached hydrogen (secondary N) is 1. The molecular formula is C17H23NOS. The number of ether oxygens (including phenoxy) is 1. The Morgan fingerprint density at radius 3 is 2.70 bits per heavy atom. The van der Waals surface area contributed by atoms with E-state index in [-0.39, 0.29) is 6.10 Å². The predicted molar refractivity (Wildman–Crippen MR) is 86.5 cm³/mol. The molecule has 1 aromatic carbocycles. The zero-order valence-corrected chi connectivity index (χ0v) is 13.2. The van der Waals surface area contributed by atoms with Crippen molar-refractivity contribution in [1.82, 2.24) is 5.32 Å². The number of benzene rings is 1. The summed E-state index contributed by atoms with van der Waals surface area (Å²) in [6.07, 6.45) is 1.29. The van der Waals surface area contributed by atoms with E-state index in [2.05, 4.69) is 47.3 Å². The van der Waals surface area contributed by atoms with Crippen LogP contribution in [0.25, 0.3) is 0 Å². The monoisotopic (exact) mass is 289 g/mol. The number of rotatable bonds is 7. The van der Waals surface area contributed by atoms with Gasteiger partial charge in [-0.1, -0.05) is 12.1 Å². The van der Waals surface area contributed by atoms with Gasteiger partial charge in [-0.3, -0.25) is 0 Å². The van der Waals surface area contributed by atoms with Crippen LogP contribution in [0, 0.1) is 0 Å². The van der Waals surface area contributed by atoms with E-state index >= 15 is 0 Å². The minimum Gasteiger partial charge on any atom is -0.491 e. The van der Waals surface area contributed by atoms with Crippen molar-refractivity contribution in [3.63, 3.8) is 0 Å². The largest absolute Gasteiger partial charge is 0.491 e. The van der Waals surface area contributed by atoms with Crippen molar-refractivity contribution in [3.8, 4) is 5.75 Å². The van der Waals surface area contributed by atoms with Gasteiger partial charge in [0.1, 0.15) is 5.75 Å². The second kappa shape index (κ2) is 7.46. The van der Waals surface area contributed by atoms with E-state index in [0.717, 1.165) is 18.7 Å². The summed E-state index contributed by atoms with van der Waals surface area (Å²) >= 11 is 1.76. The summed E-state index contributed by atoms with van der Waals surface area (Å²) in [6.45, 7) is 7.20. The Bertz CT molecular complexity index is 507. The van der Waals surface area contributed by atoms with Crippen LogP contribution >= 0.6 is 11.3 Å². The van der Waals surface area contributed by atoms with Crippen LogP contribution in [-0.4, -0.2) is 12.1 Å². The minimum absolute atomic E-state index is 0.218. The van der Waals surface area contributed by atoms with Crippen molar-refractivity contribution in [3.05, 3.63) is 52.2 Å². The van der Waals surface area contributed by atoms with Crippen LogP contribution in [0.15, 0.2) is 41.1 Å². The highest BCUT2D eigenvalue weighted by Crippen LogP contribution is 2.15. The smallest absolute Gasteiger partial charge is 0.120 e. The molecule has 2 rings (SSSR count). The molecule has 20 heavy (non-hydrogen) atoms. The van der Waals surface area contributed by atoms with Gasteiger partial charge in [-0.05, 0) is 67.3 Å². The van der Waals surface area contributed by atoms with Gasteiger partial charge in [0, 0.05) is 12.6 Å². The Hall–Kier alpha value is -1.32. The van der Waals surface area contributed by atoms with Crippen molar-refractivity contribution in [2.75, 3.05) is 0 Å². The lowest BCUT2D eigenvalue weighted by atomic mass is 10.1. The molecule has 0 spiro atoms. The average molecular weight is 289 g/mol. The maximum Gasteiger partial charge on any atom is 0.120 e. The fourth-order valence-electron chi connectivity index (χ4n) is 2.13. The molecule has 2 nitrogen and oxygen atoms in total. The summed E-state index contributed by atoms with van der Waals surface area (Å²) in [5, 5.41) is 7.92. The first kappa shape index (κ1) is 15.1. The van der Waals surface area contributed by atoms with Gasteiger partial charge in [-0.25, -0.2) is 0 Å². The molecule has 0 amide bonds. The Kier molecular flexibility index (Phi) is 5.62. The maximum atomic E-state index is 5.72. The Morgan fingerprint density at radius 1 is 1.15 bits per heavy atom. The van der Waals surface area contributed by atoms with E-state index in [1.54, 1.807) is 11.3 Å². The van der Waals surface area contributed by atoms with Crippen LogP contribution in [0.2, 0.25) is 0 Å². The van der Waals surface area contributed by atoms with Gasteiger partial charge >= 0.3 is 0 Å². The highest BCUT2D eigenvalue weighted by Gasteiger charge is 2.04. The van der Waals surface area contributed by atoms with Crippen molar-refractivity contribution >= 4 is 11.3 Å². The van der Waals surface area contributed by atoms with Gasteiger partial charge in [-0.15, -0.1) is 0 Å². The normalized spacial score (nSPS) is 12.6. The molecule has 0 aliphatic heterocycles. The Morgan fingerprint density at radius 2 is 2.00 bits per heavy atom. The first-order chi connectivity index (χ1) is 9.63. The van der Waals surface area contributed by atoms with E-state index in [4.69, 9.17) is 4.74 Å². The molecule has 3 heteroatoms. The zero-order chi connectivity index (χ0) is 14.4. The molecule has 0 fully saturated rings. The highest BCUT2D eigenvalue weighted by molar-refractivity contribution is 7.07. The first-order valence-corrected chi connectivity index (χ1v) is 8.08. The predicted octanol–water partition coefficient (Wildman–Crippen LogP) is 4.26. The van der Waals surface area contributed by atoms with E-state index in [1.807, 2.05) is 19.9 Å². The molecule has 108 valence electrons. The summed E-state index contributed by atoms with van der Waals surface area (Å²) in [4.78, 5) is 0. The number of hydrogen-bond donors (Lipinski definition) is 1. The fraction of sp³-hybridized carbons (Fsp3) is 0.412. The third kappa shape index (κ3) is 4.99. The topological polar surface area (TPSA) is 21.3 Å². The van der Waals surface area contributed by atoms with E-state index < -0.39 is 0 Å². The fourth-order valence-corrected chi connectivity index (χ4v) is 2.81. The van der Waals surface area contributed by atoms with Gasteiger partial charge in [0.05, 0.1) is 6.10 Å². The molecule has 0 saturated heterocycles. The summed E-state index contributed by atoms with van der Waals surface area (Å²) in [6, 6.07) is 11.0. The summed E-state index contributed by atoms with van der Waals surface area (Å²) in [5.41, 5.74) is 2.67. The SMILES string of the molecule is CC(Cc1ccsc1)NCc1cccc(OC(C)C)c1. The molecular weight excluding hydrogens is 266 g/mol. The molecule has 1 unspecified atom stereocenters. The lowest BCUT2D eigenvalue weighted by molar-refractivity contribution is 0.242. The Labute approximate surface area is 125 Å². The highest BCUT2D eigenvalue weighted by atomic mass is 32.1. The molecule has 1 heterocycles. The molecule has 0 radical (unpaired) electrons. The van der Waals surface area contributed by atoms with Crippen LogP contribution in [0.4, 0.5) is 0 Å². The lowest BCUT2D eigenvalue weighted by Gasteiger charge is -2.14. The van der Waals surface area contributed by atoms with Crippen molar-refractivity contribution < 1.29 is 4.74 Å². The molecule has 1 N–H and O–H groups in total. The van der Waals surface area contributed by atoms with Crippen LogP contribution < -0.4 is 10.1 Å². The number of hydrogen-bond acceptors (Lipinski definition) is 3. The lowest BCUT2D eigenvalue weighted by Crippen LogP contribution is -2.27. The summed E-state index contributed by atoms with van der Waals surface area (Å²) in [5.74, 6) is 0.949. The quantitative estimate of drug-likeness (QED) is 0.822. The van der Waals surface area contributed by atoms with Gasteiger partial charge < -0.3 is 10.1 Å². The summed E-state index contributed by atoms with van der Waals surface area (Å²) < 4.78 is 5.72. The van der Waals surface area contributed by atoms with E-state index in [1.165, 1.54) is 11.1 Å². The second-order valence-corrected chi connectivity index (χ2v) is 6.21. The standard InChI is InChI=1S/C17H23NOS/c1-13(2)19-17-6-4-5-15(10-17)11-18-14(3)9-16-7-8-20-12-16/h4-8,10,12-14,18H,9,11H2,1-3H3. The average Bonchev–Trinajstić information content (AvgIpc) is 2.89. The molecule has 2 aromatic rings. The second-order valence-electron chi connectivity index (χ2n) is 5.43. The van der Waals surface area contributed by atoms with Crippen molar-refractivity contribution in [1.29, 1.82) is 0 Å². The third-order valence-corrected chi connectivity index (χ3v) is 3.78. The van der Waals surface area contributed by atoms with Gasteiger partial charge in [0.2, 0.25) is 0 Å². The molecule has 0 aliphatic rings. The van der Waals surface area contributed by atoms with Crippen LogP contribution in [0.5, 0.6) is 5.75 Å². The molecule has 0 saturated carbocycles. The molecule has 0 aliphatic carbocycles. The summed E-state index contributed by atoms with van der Waals surface area (Å²) in [7, 11) is 0.